The van der Waals surface area contributed by atoms with Crippen LogP contribution in [0, 0.1) is 12.8 Å². The van der Waals surface area contributed by atoms with Crippen molar-refractivity contribution in [3.05, 3.63) is 29.7 Å². The summed E-state index contributed by atoms with van der Waals surface area (Å²) in [4.78, 5) is 4.63. The Morgan fingerprint density at radius 3 is 2.79 bits per heavy atom. The lowest BCUT2D eigenvalue weighted by Gasteiger charge is -2.34. The van der Waals surface area contributed by atoms with Gasteiger partial charge in [-0.05, 0) is 56.2 Å². The summed E-state index contributed by atoms with van der Waals surface area (Å²) in [5, 5.41) is 0. The monoisotopic (exact) mass is 258 g/mol. The maximum atomic E-state index is 6.54. The van der Waals surface area contributed by atoms with E-state index in [0.29, 0.717) is 0 Å². The van der Waals surface area contributed by atoms with Crippen LogP contribution in [-0.4, -0.2) is 4.98 Å². The first-order valence-electron chi connectivity index (χ1n) is 7.27. The number of rotatable bonds is 2. The lowest BCUT2D eigenvalue weighted by molar-refractivity contribution is 0.198. The van der Waals surface area contributed by atoms with Crippen molar-refractivity contribution < 1.29 is 4.42 Å². The van der Waals surface area contributed by atoms with Gasteiger partial charge in [-0.1, -0.05) is 19.4 Å². The minimum atomic E-state index is -0.363. The molecule has 1 fully saturated rings. The highest BCUT2D eigenvalue weighted by Gasteiger charge is 2.37. The van der Waals surface area contributed by atoms with Crippen molar-refractivity contribution in [1.29, 1.82) is 0 Å². The molecule has 102 valence electrons. The highest BCUT2D eigenvalue weighted by molar-refractivity contribution is 5.73. The number of nitrogens with zero attached hydrogens (tertiary/aromatic N) is 1. The van der Waals surface area contributed by atoms with Gasteiger partial charge >= 0.3 is 0 Å². The molecule has 1 heterocycles. The van der Waals surface area contributed by atoms with Crippen LogP contribution >= 0.6 is 0 Å². The van der Waals surface area contributed by atoms with Crippen LogP contribution in [0.5, 0.6) is 0 Å². The molecule has 3 rings (SSSR count). The normalized spacial score (nSPS) is 27.8. The van der Waals surface area contributed by atoms with E-state index in [1.54, 1.807) is 0 Å². The van der Waals surface area contributed by atoms with Crippen molar-refractivity contribution in [1.82, 2.24) is 4.98 Å². The number of hydrogen-bond acceptors (Lipinski definition) is 3. The lowest BCUT2D eigenvalue weighted by atomic mass is 9.76. The summed E-state index contributed by atoms with van der Waals surface area (Å²) in [7, 11) is 0. The number of nitrogens with two attached hydrogens (primary N) is 1. The first-order chi connectivity index (χ1) is 9.10. The van der Waals surface area contributed by atoms with Crippen molar-refractivity contribution in [3.8, 4) is 0 Å². The van der Waals surface area contributed by atoms with E-state index in [0.717, 1.165) is 35.7 Å². The number of oxazole rings is 1. The molecular weight excluding hydrogens is 236 g/mol. The van der Waals surface area contributed by atoms with Crippen LogP contribution in [0.2, 0.25) is 0 Å². The molecule has 0 bridgehead atoms. The van der Waals surface area contributed by atoms with E-state index in [4.69, 9.17) is 10.2 Å². The number of fused-ring (bicyclic) bond motifs is 1. The fraction of sp³-hybridized carbons (Fsp3) is 0.562. The van der Waals surface area contributed by atoms with Gasteiger partial charge in [0, 0.05) is 0 Å². The fourth-order valence-corrected chi connectivity index (χ4v) is 3.07. The van der Waals surface area contributed by atoms with Crippen molar-refractivity contribution in [3.63, 3.8) is 0 Å². The maximum absolute atomic E-state index is 6.54. The molecule has 3 nitrogen and oxygen atoms in total. The average Bonchev–Trinajstić information content (AvgIpc) is 2.83. The Labute approximate surface area is 114 Å². The van der Waals surface area contributed by atoms with Crippen LogP contribution in [0.1, 0.15) is 50.5 Å². The van der Waals surface area contributed by atoms with Crippen LogP contribution < -0.4 is 5.73 Å². The van der Waals surface area contributed by atoms with E-state index in [1.807, 2.05) is 6.07 Å². The molecule has 0 aliphatic heterocycles. The number of aryl methyl sites for hydroxylation is 1. The summed E-state index contributed by atoms with van der Waals surface area (Å²) in [6.45, 7) is 4.33. The van der Waals surface area contributed by atoms with E-state index in [1.165, 1.54) is 24.8 Å². The van der Waals surface area contributed by atoms with Crippen molar-refractivity contribution in [2.75, 3.05) is 0 Å². The van der Waals surface area contributed by atoms with Crippen LogP contribution in [0.15, 0.2) is 22.6 Å². The minimum absolute atomic E-state index is 0.363. The molecule has 2 aromatic rings. The largest absolute Gasteiger partial charge is 0.439 e. The van der Waals surface area contributed by atoms with Crippen LogP contribution in [0.3, 0.4) is 0 Å². The Balaban J connectivity index is 1.91. The first kappa shape index (κ1) is 12.7. The molecule has 0 radical (unpaired) electrons. The zero-order chi connectivity index (χ0) is 13.5. The van der Waals surface area contributed by atoms with E-state index in [9.17, 15) is 0 Å². The van der Waals surface area contributed by atoms with E-state index in [-0.39, 0.29) is 5.54 Å². The SMILES string of the molecule is CCC1CCC(N)(c2nc3cc(C)ccc3o2)CC1. The van der Waals surface area contributed by atoms with Gasteiger partial charge in [0.25, 0.3) is 0 Å². The highest BCUT2D eigenvalue weighted by atomic mass is 16.4. The zero-order valence-corrected chi connectivity index (χ0v) is 11.8. The molecule has 1 aliphatic rings. The summed E-state index contributed by atoms with van der Waals surface area (Å²) in [6, 6.07) is 6.10. The van der Waals surface area contributed by atoms with Gasteiger partial charge < -0.3 is 10.2 Å². The molecule has 19 heavy (non-hydrogen) atoms. The smallest absolute Gasteiger partial charge is 0.215 e. The minimum Gasteiger partial charge on any atom is -0.439 e. The molecule has 1 aromatic heterocycles. The second-order valence-electron chi connectivity index (χ2n) is 6.00. The standard InChI is InChI=1S/C16H22N2O/c1-3-12-6-8-16(17,9-7-12)15-18-13-10-11(2)4-5-14(13)19-15/h4-5,10,12H,3,6-9,17H2,1-2H3. The summed E-state index contributed by atoms with van der Waals surface area (Å²) >= 11 is 0. The second kappa shape index (κ2) is 4.64. The summed E-state index contributed by atoms with van der Waals surface area (Å²) in [5.74, 6) is 1.55. The van der Waals surface area contributed by atoms with Gasteiger partial charge in [0.15, 0.2) is 5.58 Å². The third kappa shape index (κ3) is 2.27. The van der Waals surface area contributed by atoms with E-state index in [2.05, 4.69) is 31.0 Å². The molecule has 1 aliphatic carbocycles. The van der Waals surface area contributed by atoms with Gasteiger partial charge in [-0.25, -0.2) is 4.98 Å². The second-order valence-corrected chi connectivity index (χ2v) is 6.00. The molecule has 0 spiro atoms. The van der Waals surface area contributed by atoms with Gasteiger partial charge in [-0.3, -0.25) is 0 Å². The van der Waals surface area contributed by atoms with Crippen molar-refractivity contribution >= 4 is 11.1 Å². The molecule has 1 saturated carbocycles. The van der Waals surface area contributed by atoms with Gasteiger partial charge in [0.1, 0.15) is 5.52 Å². The summed E-state index contributed by atoms with van der Waals surface area (Å²) in [6.07, 6.45) is 5.59. The summed E-state index contributed by atoms with van der Waals surface area (Å²) < 4.78 is 5.90. The first-order valence-corrected chi connectivity index (χ1v) is 7.27. The molecule has 1 aromatic carbocycles. The molecule has 3 heteroatoms. The Hall–Kier alpha value is -1.35. The molecule has 0 amide bonds. The number of aromatic nitrogens is 1. The van der Waals surface area contributed by atoms with Crippen LogP contribution in [0.25, 0.3) is 11.1 Å². The molecule has 0 saturated heterocycles. The summed E-state index contributed by atoms with van der Waals surface area (Å²) in [5.41, 5.74) is 9.16. The highest BCUT2D eigenvalue weighted by Crippen LogP contribution is 2.39. The zero-order valence-electron chi connectivity index (χ0n) is 11.8. The number of benzene rings is 1. The fourth-order valence-electron chi connectivity index (χ4n) is 3.07. The van der Waals surface area contributed by atoms with Gasteiger partial charge in [0.2, 0.25) is 5.89 Å². The molecule has 0 unspecified atom stereocenters. The third-order valence-corrected chi connectivity index (χ3v) is 4.54. The predicted octanol–water partition coefficient (Wildman–Crippen LogP) is 3.89. The van der Waals surface area contributed by atoms with Gasteiger partial charge in [-0.2, -0.15) is 0 Å². The van der Waals surface area contributed by atoms with E-state index >= 15 is 0 Å². The number of hydrogen-bond donors (Lipinski definition) is 1. The Bertz CT molecular complexity index is 579. The molecular formula is C16H22N2O. The van der Waals surface area contributed by atoms with Gasteiger partial charge in [-0.15, -0.1) is 0 Å². The Kier molecular flexibility index (Phi) is 3.09. The predicted molar refractivity (Wildman–Crippen MR) is 76.9 cm³/mol. The van der Waals surface area contributed by atoms with Crippen LogP contribution in [-0.2, 0) is 5.54 Å². The van der Waals surface area contributed by atoms with Crippen molar-refractivity contribution in [2.24, 2.45) is 11.7 Å². The maximum Gasteiger partial charge on any atom is 0.215 e. The Morgan fingerprint density at radius 1 is 1.37 bits per heavy atom. The van der Waals surface area contributed by atoms with Gasteiger partial charge in [0.05, 0.1) is 5.54 Å². The molecule has 0 atom stereocenters. The van der Waals surface area contributed by atoms with Crippen molar-refractivity contribution in [2.45, 2.75) is 51.5 Å². The lowest BCUT2D eigenvalue weighted by Crippen LogP contribution is -2.40. The van der Waals surface area contributed by atoms with Crippen LogP contribution in [0.4, 0.5) is 0 Å². The topological polar surface area (TPSA) is 52.0 Å². The third-order valence-electron chi connectivity index (χ3n) is 4.54. The quantitative estimate of drug-likeness (QED) is 0.889. The Morgan fingerprint density at radius 2 is 2.11 bits per heavy atom. The van der Waals surface area contributed by atoms with E-state index < -0.39 is 0 Å². The molecule has 2 N–H and O–H groups in total. The average molecular weight is 258 g/mol.